The fourth-order valence-electron chi connectivity index (χ4n) is 17.5. The zero-order valence-electron chi connectivity index (χ0n) is 46.9. The van der Waals surface area contributed by atoms with Crippen LogP contribution in [0.4, 0.5) is 0 Å². The molecule has 12 N–H and O–H groups in total. The van der Waals surface area contributed by atoms with E-state index < -0.39 is 164 Å². The minimum absolute atomic E-state index is 0.0121. The molecule has 31 atom stereocenters. The Balaban J connectivity index is 0.944. The minimum atomic E-state index is -2.02. The van der Waals surface area contributed by atoms with Crippen LogP contribution in [0.5, 0.6) is 0 Å². The molecule has 79 heavy (non-hydrogen) atoms. The molecule has 0 aromatic heterocycles. The third-order valence-electron chi connectivity index (χ3n) is 22.4. The van der Waals surface area contributed by atoms with Crippen LogP contribution < -0.4 is 0 Å². The average Bonchev–Trinajstić information content (AvgIpc) is 2.00. The first-order valence-corrected chi connectivity index (χ1v) is 28.7. The van der Waals surface area contributed by atoms with Crippen molar-refractivity contribution in [3.8, 4) is 0 Å². The lowest BCUT2D eigenvalue weighted by Crippen LogP contribution is -2.73. The van der Waals surface area contributed by atoms with Gasteiger partial charge in [0.15, 0.2) is 25.2 Å². The maximum atomic E-state index is 12.9. The quantitative estimate of drug-likeness (QED) is 0.0635. The van der Waals surface area contributed by atoms with Crippen molar-refractivity contribution >= 4 is 5.97 Å². The van der Waals surface area contributed by atoms with Crippen molar-refractivity contribution in [3.63, 3.8) is 0 Å². The molecule has 9 fully saturated rings. The van der Waals surface area contributed by atoms with Crippen LogP contribution in [0.25, 0.3) is 0 Å². The van der Waals surface area contributed by atoms with Gasteiger partial charge in [-0.1, -0.05) is 53.7 Å². The van der Waals surface area contributed by atoms with Crippen LogP contribution in [0, 0.1) is 50.2 Å². The number of esters is 1. The number of fused-ring (bicyclic) bond motifs is 4. The van der Waals surface area contributed by atoms with Gasteiger partial charge in [-0.2, -0.15) is 0 Å². The predicted molar refractivity (Wildman–Crippen MR) is 270 cm³/mol. The Labute approximate surface area is 461 Å². The van der Waals surface area contributed by atoms with E-state index in [-0.39, 0.29) is 52.7 Å². The lowest BCUT2D eigenvalue weighted by Gasteiger charge is -2.73. The van der Waals surface area contributed by atoms with E-state index in [1.165, 1.54) is 20.8 Å². The van der Waals surface area contributed by atoms with Crippen molar-refractivity contribution in [2.45, 2.75) is 254 Å². The van der Waals surface area contributed by atoms with Gasteiger partial charge < -0.3 is 109 Å². The molecule has 31 unspecified atom stereocenters. The summed E-state index contributed by atoms with van der Waals surface area (Å²) in [7, 11) is 0. The van der Waals surface area contributed by atoms with Gasteiger partial charge in [0.25, 0.3) is 0 Å². The number of carbonyl (C=O) groups is 1. The van der Waals surface area contributed by atoms with Crippen LogP contribution in [-0.4, -0.2) is 234 Å². The van der Waals surface area contributed by atoms with E-state index in [9.17, 15) is 66.1 Å². The normalized spacial score (nSPS) is 56.8. The Bertz CT molecular complexity index is 2220. The molecule has 10 aliphatic rings. The topological polar surface area (TPSA) is 352 Å². The molecule has 10 rings (SSSR count). The Morgan fingerprint density at radius 3 is 1.80 bits per heavy atom. The van der Waals surface area contributed by atoms with Gasteiger partial charge in [0.05, 0.1) is 50.3 Å². The first-order valence-electron chi connectivity index (χ1n) is 28.7. The summed E-state index contributed by atoms with van der Waals surface area (Å²) in [5.41, 5.74) is -3.01. The number of rotatable bonds is 12. The molecule has 5 saturated heterocycles. The van der Waals surface area contributed by atoms with Crippen molar-refractivity contribution in [2.75, 3.05) is 26.4 Å². The molecule has 23 nitrogen and oxygen atoms in total. The van der Waals surface area contributed by atoms with Crippen molar-refractivity contribution in [1.29, 1.82) is 0 Å². The Kier molecular flexibility index (Phi) is 16.4. The fraction of sp³-hybridized carbons (Fsp3) is 0.946. The second-order valence-electron chi connectivity index (χ2n) is 27.1. The van der Waals surface area contributed by atoms with Crippen LogP contribution in [0.1, 0.15) is 114 Å². The molecule has 452 valence electrons. The van der Waals surface area contributed by atoms with Gasteiger partial charge in [-0.3, -0.25) is 4.79 Å². The van der Waals surface area contributed by atoms with E-state index in [1.807, 2.05) is 6.92 Å². The van der Waals surface area contributed by atoms with Crippen LogP contribution in [0.2, 0.25) is 0 Å². The second-order valence-corrected chi connectivity index (χ2v) is 27.1. The zero-order chi connectivity index (χ0) is 57.5. The lowest BCUT2D eigenvalue weighted by molar-refractivity contribution is -0.403. The highest BCUT2D eigenvalue weighted by molar-refractivity contribution is 5.66. The van der Waals surface area contributed by atoms with Crippen molar-refractivity contribution in [3.05, 3.63) is 12.2 Å². The smallest absolute Gasteiger partial charge is 0.302 e. The molecular formula is C56H90O23. The van der Waals surface area contributed by atoms with E-state index in [1.54, 1.807) is 0 Å². The third kappa shape index (κ3) is 9.28. The molecule has 5 aliphatic carbocycles. The van der Waals surface area contributed by atoms with Gasteiger partial charge in [0.1, 0.15) is 91.6 Å². The molecule has 2 bridgehead atoms. The molecule has 5 aliphatic heterocycles. The predicted octanol–water partition coefficient (Wildman–Crippen LogP) is -0.976. The summed E-state index contributed by atoms with van der Waals surface area (Å²) in [6, 6.07) is 0. The van der Waals surface area contributed by atoms with E-state index in [2.05, 4.69) is 46.8 Å². The Morgan fingerprint density at radius 1 is 0.570 bits per heavy atom. The molecule has 5 heterocycles. The van der Waals surface area contributed by atoms with Crippen LogP contribution in [0.3, 0.4) is 0 Å². The molecular weight excluding hydrogens is 1040 g/mol. The summed E-state index contributed by atoms with van der Waals surface area (Å²) in [5.74, 6) is -0.333. The van der Waals surface area contributed by atoms with Crippen LogP contribution >= 0.6 is 0 Å². The maximum Gasteiger partial charge on any atom is 0.302 e. The summed E-state index contributed by atoms with van der Waals surface area (Å²) in [5, 5.41) is 132. The first-order chi connectivity index (χ1) is 37.0. The molecule has 0 aromatic rings. The Morgan fingerprint density at radius 2 is 1.15 bits per heavy atom. The van der Waals surface area contributed by atoms with Gasteiger partial charge in [-0.05, 0) is 93.3 Å². The van der Waals surface area contributed by atoms with Gasteiger partial charge in [-0.15, -0.1) is 0 Å². The molecule has 23 heteroatoms. The van der Waals surface area contributed by atoms with Gasteiger partial charge in [0, 0.05) is 29.1 Å². The van der Waals surface area contributed by atoms with Crippen LogP contribution in [0.15, 0.2) is 12.2 Å². The summed E-state index contributed by atoms with van der Waals surface area (Å²) >= 11 is 0. The first kappa shape index (κ1) is 60.5. The maximum absolute atomic E-state index is 12.9. The van der Waals surface area contributed by atoms with Crippen molar-refractivity contribution in [2.24, 2.45) is 50.2 Å². The molecule has 1 spiro atoms. The summed E-state index contributed by atoms with van der Waals surface area (Å²) in [4.78, 5) is 12.9. The highest BCUT2D eigenvalue weighted by atomic mass is 16.8. The van der Waals surface area contributed by atoms with Crippen LogP contribution in [-0.2, 0) is 52.2 Å². The van der Waals surface area contributed by atoms with E-state index in [4.69, 9.17) is 47.4 Å². The zero-order valence-corrected chi connectivity index (χ0v) is 46.9. The summed E-state index contributed by atoms with van der Waals surface area (Å²) in [6.07, 6.45) is -23.6. The summed E-state index contributed by atoms with van der Waals surface area (Å²) in [6.45, 7) is 16.6. The summed E-state index contributed by atoms with van der Waals surface area (Å²) < 4.78 is 63.1. The second kappa shape index (κ2) is 21.4. The van der Waals surface area contributed by atoms with Crippen molar-refractivity contribution < 1.29 is 113 Å². The number of hydrogen-bond donors (Lipinski definition) is 12. The minimum Gasteiger partial charge on any atom is -0.462 e. The molecule has 0 radical (unpaired) electrons. The fourth-order valence-corrected chi connectivity index (χ4v) is 17.5. The number of aliphatic hydroxyl groups is 12. The van der Waals surface area contributed by atoms with E-state index >= 15 is 0 Å². The van der Waals surface area contributed by atoms with Gasteiger partial charge >= 0.3 is 5.97 Å². The van der Waals surface area contributed by atoms with Crippen molar-refractivity contribution in [1.82, 2.24) is 0 Å². The number of hydrogen-bond acceptors (Lipinski definition) is 23. The molecule has 4 saturated carbocycles. The largest absolute Gasteiger partial charge is 0.462 e. The lowest BCUT2D eigenvalue weighted by atomic mass is 9.32. The highest BCUT2D eigenvalue weighted by Crippen LogP contribution is 2.79. The van der Waals surface area contributed by atoms with E-state index in [0.717, 1.165) is 25.7 Å². The monoisotopic (exact) mass is 1130 g/mol. The number of aliphatic hydroxyl groups excluding tert-OH is 12. The highest BCUT2D eigenvalue weighted by Gasteiger charge is 2.80. The number of carbonyl (C=O) groups excluding carboxylic acids is 1. The van der Waals surface area contributed by atoms with E-state index in [0.29, 0.717) is 32.3 Å². The van der Waals surface area contributed by atoms with Gasteiger partial charge in [-0.25, -0.2) is 0 Å². The third-order valence-corrected chi connectivity index (χ3v) is 22.4. The Hall–Kier alpha value is -1.63. The average molecular weight is 1130 g/mol. The molecule has 0 amide bonds. The number of ether oxygens (including phenoxy) is 10. The van der Waals surface area contributed by atoms with Gasteiger partial charge in [0.2, 0.25) is 0 Å². The molecule has 0 aromatic carbocycles. The standard InChI is InChI=1S/C56H90O23/c1-24-34(61)37(64)40(67)46(71-24)77-43-28(21-58)75-48(42(69)39(43)66)78-44-35(62)25(2)72-49(45(44)79-47-41(68)38(65)36(63)27(20-57)74-47)76-32-12-13-51(6)29(52(32,7)22-59)10-14-53(8)30(51)11-15-56-31-18-50(4,5)16-17-55(31,23-70-56)33(73-26(3)60)19-54(53,56)9/h11,15,24-25,27-49,57-59,61-69H,10,12-14,16-23H2,1-9H3. The number of allylic oxidation sites excluding steroid dienone is 1. The SMILES string of the molecule is CC(=O)OC1CC2(C)C3(C)CCC4C(C)(CO)C(OC5OC(C)C(O)C(OC6OC(CO)C(OC7OC(C)C(O)C(O)C7O)C(O)C6O)C5OC5OC(CO)C(O)C(O)C5O)CCC4(C)C3C=CC23OCC12CCC(C)(C)CC23.